The number of thiazole rings is 1. The lowest BCUT2D eigenvalue weighted by Crippen LogP contribution is -2.34. The number of carbonyl (C=O) groups excluding carboxylic acids is 3. The molecule has 3 rings (SSSR count). The summed E-state index contributed by atoms with van der Waals surface area (Å²) in [7, 11) is 1.52. The maximum Gasteiger partial charge on any atom is 0.306 e. The minimum atomic E-state index is -0.686. The third kappa shape index (κ3) is 5.14. The molecule has 2 aromatic carbocycles. The van der Waals surface area contributed by atoms with E-state index in [-0.39, 0.29) is 6.42 Å². The van der Waals surface area contributed by atoms with E-state index in [9.17, 15) is 14.4 Å². The third-order valence-corrected chi connectivity index (χ3v) is 4.95. The highest BCUT2D eigenvalue weighted by Gasteiger charge is 2.13. The molecule has 0 aliphatic heterocycles. The summed E-state index contributed by atoms with van der Waals surface area (Å²) < 4.78 is 11.0. The number of rotatable bonds is 7. The van der Waals surface area contributed by atoms with Crippen molar-refractivity contribution < 1.29 is 23.9 Å². The summed E-state index contributed by atoms with van der Waals surface area (Å²) in [5, 5.41) is 3.01. The number of carbonyl (C=O) groups is 3. The van der Waals surface area contributed by atoms with Gasteiger partial charge in [-0.1, -0.05) is 12.1 Å². The molecule has 144 valence electrons. The summed E-state index contributed by atoms with van der Waals surface area (Å²) in [6.07, 6.45) is 0.546. The maximum absolute atomic E-state index is 12.0. The smallest absolute Gasteiger partial charge is 0.306 e. The number of para-hydroxylation sites is 1. The highest BCUT2D eigenvalue weighted by atomic mass is 32.1. The second-order valence-electron chi connectivity index (χ2n) is 5.84. The summed E-state index contributed by atoms with van der Waals surface area (Å²) in [5.74, 6) is -1.18. The fraction of sp³-hybridized carbons (Fsp3) is 0.200. The summed E-state index contributed by atoms with van der Waals surface area (Å²) >= 11 is 1.52. The predicted octanol–water partition coefficient (Wildman–Crippen LogP) is 2.74. The predicted molar refractivity (Wildman–Crippen MR) is 104 cm³/mol. The van der Waals surface area contributed by atoms with Gasteiger partial charge in [-0.3, -0.25) is 19.7 Å². The van der Waals surface area contributed by atoms with Crippen LogP contribution < -0.4 is 10.1 Å². The van der Waals surface area contributed by atoms with Gasteiger partial charge in [0, 0.05) is 12.0 Å². The van der Waals surface area contributed by atoms with Gasteiger partial charge in [-0.2, -0.15) is 0 Å². The summed E-state index contributed by atoms with van der Waals surface area (Å²) in [6.45, 7) is -0.513. The van der Waals surface area contributed by atoms with Crippen molar-refractivity contribution in [2.75, 3.05) is 13.7 Å². The zero-order chi connectivity index (χ0) is 19.9. The molecule has 8 heteroatoms. The monoisotopic (exact) mass is 398 g/mol. The summed E-state index contributed by atoms with van der Waals surface area (Å²) in [6, 6.07) is 14.0. The van der Waals surface area contributed by atoms with E-state index in [1.54, 1.807) is 12.1 Å². The van der Waals surface area contributed by atoms with E-state index in [1.165, 1.54) is 30.6 Å². The molecule has 0 aliphatic carbocycles. The van der Waals surface area contributed by atoms with Crippen LogP contribution in [0.1, 0.15) is 21.8 Å². The minimum absolute atomic E-state index is 0.111. The first-order valence-electron chi connectivity index (χ1n) is 8.53. The number of aromatic nitrogens is 1. The molecule has 0 spiro atoms. The molecular weight excluding hydrogens is 380 g/mol. The number of nitrogens with zero attached hydrogens (tertiary/aromatic N) is 1. The lowest BCUT2D eigenvalue weighted by molar-refractivity contribution is -0.148. The van der Waals surface area contributed by atoms with Gasteiger partial charge in [0.2, 0.25) is 0 Å². The quantitative estimate of drug-likeness (QED) is 0.615. The number of fused-ring (bicyclic) bond motifs is 1. The van der Waals surface area contributed by atoms with Crippen molar-refractivity contribution in [1.29, 1.82) is 0 Å². The molecule has 2 amide bonds. The lowest BCUT2D eigenvalue weighted by Gasteiger charge is -2.06. The molecule has 1 aromatic heterocycles. The van der Waals surface area contributed by atoms with Gasteiger partial charge in [0.1, 0.15) is 5.75 Å². The van der Waals surface area contributed by atoms with Crippen LogP contribution in [0.15, 0.2) is 48.5 Å². The number of imide groups is 1. The average molecular weight is 398 g/mol. The van der Waals surface area contributed by atoms with Crippen molar-refractivity contribution in [3.8, 4) is 5.75 Å². The van der Waals surface area contributed by atoms with E-state index in [0.717, 1.165) is 15.2 Å². The first kappa shape index (κ1) is 19.5. The standard InChI is InChI=1S/C20H18N2O5S/c1-26-14-8-6-13(7-9-14)20(25)22-17(23)12-27-19(24)11-10-18-21-15-4-2-3-5-16(15)28-18/h2-9H,10-12H2,1H3,(H,22,23,25). The average Bonchev–Trinajstić information content (AvgIpc) is 3.13. The minimum Gasteiger partial charge on any atom is -0.497 e. The van der Waals surface area contributed by atoms with Crippen LogP contribution in [0.25, 0.3) is 10.2 Å². The Labute approximate surface area is 165 Å². The topological polar surface area (TPSA) is 94.6 Å². The number of hydrogen-bond acceptors (Lipinski definition) is 7. The largest absolute Gasteiger partial charge is 0.497 e. The third-order valence-electron chi connectivity index (χ3n) is 3.85. The maximum atomic E-state index is 12.0. The number of esters is 1. The van der Waals surface area contributed by atoms with E-state index >= 15 is 0 Å². The van der Waals surface area contributed by atoms with Crippen molar-refractivity contribution in [2.24, 2.45) is 0 Å². The van der Waals surface area contributed by atoms with Gasteiger partial charge in [-0.25, -0.2) is 4.98 Å². The summed E-state index contributed by atoms with van der Waals surface area (Å²) in [5.41, 5.74) is 1.20. The molecule has 1 heterocycles. The highest BCUT2D eigenvalue weighted by molar-refractivity contribution is 7.18. The van der Waals surface area contributed by atoms with Crippen LogP contribution in [-0.2, 0) is 20.7 Å². The number of aryl methyl sites for hydroxylation is 1. The lowest BCUT2D eigenvalue weighted by atomic mass is 10.2. The Morgan fingerprint density at radius 2 is 1.82 bits per heavy atom. The second kappa shape index (κ2) is 9.09. The molecule has 0 bridgehead atoms. The summed E-state index contributed by atoms with van der Waals surface area (Å²) in [4.78, 5) is 40.1. The first-order valence-corrected chi connectivity index (χ1v) is 9.35. The molecule has 0 radical (unpaired) electrons. The molecule has 0 atom stereocenters. The SMILES string of the molecule is COc1ccc(C(=O)NC(=O)COC(=O)CCc2nc3ccccc3s2)cc1. The van der Waals surface area contributed by atoms with Gasteiger partial charge >= 0.3 is 5.97 Å². The van der Waals surface area contributed by atoms with Crippen molar-refractivity contribution in [3.05, 3.63) is 59.1 Å². The number of amides is 2. The molecular formula is C20H18N2O5S. The fourth-order valence-corrected chi connectivity index (χ4v) is 3.40. The number of benzene rings is 2. The van der Waals surface area contributed by atoms with Crippen LogP contribution in [0, 0.1) is 0 Å². The van der Waals surface area contributed by atoms with Gasteiger partial charge in [-0.15, -0.1) is 11.3 Å². The van der Waals surface area contributed by atoms with Gasteiger partial charge < -0.3 is 9.47 Å². The molecule has 28 heavy (non-hydrogen) atoms. The zero-order valence-electron chi connectivity index (χ0n) is 15.1. The number of hydrogen-bond donors (Lipinski definition) is 1. The Morgan fingerprint density at radius 3 is 2.54 bits per heavy atom. The van der Waals surface area contributed by atoms with Gasteiger partial charge in [-0.05, 0) is 36.4 Å². The molecule has 0 saturated carbocycles. The molecule has 0 fully saturated rings. The van der Waals surface area contributed by atoms with Crippen molar-refractivity contribution in [2.45, 2.75) is 12.8 Å². The van der Waals surface area contributed by atoms with Crippen LogP contribution >= 0.6 is 11.3 Å². The van der Waals surface area contributed by atoms with E-state index in [1.807, 2.05) is 24.3 Å². The van der Waals surface area contributed by atoms with Gasteiger partial charge in [0.05, 0.1) is 28.8 Å². The van der Waals surface area contributed by atoms with Crippen LogP contribution in [-0.4, -0.2) is 36.5 Å². The molecule has 1 N–H and O–H groups in total. The van der Waals surface area contributed by atoms with E-state index in [0.29, 0.717) is 17.7 Å². The second-order valence-corrected chi connectivity index (χ2v) is 6.96. The number of ether oxygens (including phenoxy) is 2. The number of nitrogens with one attached hydrogen (secondary N) is 1. The Kier molecular flexibility index (Phi) is 6.33. The fourth-order valence-electron chi connectivity index (χ4n) is 2.43. The molecule has 3 aromatic rings. The van der Waals surface area contributed by atoms with Crippen molar-refractivity contribution >= 4 is 39.3 Å². The zero-order valence-corrected chi connectivity index (χ0v) is 16.0. The van der Waals surface area contributed by atoms with Gasteiger partial charge in [0.15, 0.2) is 6.61 Å². The normalized spacial score (nSPS) is 10.5. The Morgan fingerprint density at radius 1 is 1.07 bits per heavy atom. The Hall–Kier alpha value is -3.26. The Balaban J connectivity index is 1.41. The van der Waals surface area contributed by atoms with Crippen molar-refractivity contribution in [3.63, 3.8) is 0 Å². The van der Waals surface area contributed by atoms with Crippen LogP contribution in [0.5, 0.6) is 5.75 Å². The van der Waals surface area contributed by atoms with Gasteiger partial charge in [0.25, 0.3) is 11.8 Å². The van der Waals surface area contributed by atoms with Crippen LogP contribution in [0.2, 0.25) is 0 Å². The molecule has 0 aliphatic rings. The molecule has 0 saturated heterocycles. The van der Waals surface area contributed by atoms with E-state index in [2.05, 4.69) is 10.3 Å². The molecule has 0 unspecified atom stereocenters. The van der Waals surface area contributed by atoms with Crippen molar-refractivity contribution in [1.82, 2.24) is 10.3 Å². The van der Waals surface area contributed by atoms with E-state index in [4.69, 9.17) is 9.47 Å². The highest BCUT2D eigenvalue weighted by Crippen LogP contribution is 2.22. The van der Waals surface area contributed by atoms with E-state index < -0.39 is 24.4 Å². The number of methoxy groups -OCH3 is 1. The van der Waals surface area contributed by atoms with Crippen LogP contribution in [0.4, 0.5) is 0 Å². The van der Waals surface area contributed by atoms with Crippen LogP contribution in [0.3, 0.4) is 0 Å². The first-order chi connectivity index (χ1) is 13.5. The Bertz CT molecular complexity index is 964. The molecule has 7 nitrogen and oxygen atoms in total.